The monoisotopic (exact) mass is 246 g/mol. The highest BCUT2D eigenvalue weighted by atomic mass is 16.5. The van der Waals surface area contributed by atoms with E-state index in [1.807, 2.05) is 6.92 Å². The Kier molecular flexibility index (Phi) is 3.27. The lowest BCUT2D eigenvalue weighted by atomic mass is 10.1. The minimum atomic E-state index is -0.414. The van der Waals surface area contributed by atoms with Crippen molar-refractivity contribution in [2.45, 2.75) is 13.5 Å². The third-order valence-electron chi connectivity index (χ3n) is 2.62. The normalized spacial score (nSPS) is 10.3. The molecule has 0 atom stereocenters. The van der Waals surface area contributed by atoms with Crippen molar-refractivity contribution in [3.05, 3.63) is 41.5 Å². The molecule has 0 saturated heterocycles. The number of ether oxygens (including phenoxy) is 1. The van der Waals surface area contributed by atoms with Crippen LogP contribution in [-0.4, -0.2) is 20.7 Å². The van der Waals surface area contributed by atoms with Crippen LogP contribution in [0, 0.1) is 6.92 Å². The number of nitrogen functional groups attached to an aromatic ring is 1. The van der Waals surface area contributed by atoms with Gasteiger partial charge >= 0.3 is 5.97 Å². The number of benzene rings is 1. The first-order valence-corrected chi connectivity index (χ1v) is 5.44. The fourth-order valence-corrected chi connectivity index (χ4v) is 1.52. The van der Waals surface area contributed by atoms with Crippen LogP contribution in [0.2, 0.25) is 0 Å². The van der Waals surface area contributed by atoms with Gasteiger partial charge in [-0.2, -0.15) is 5.10 Å². The molecule has 0 aliphatic heterocycles. The first-order valence-electron chi connectivity index (χ1n) is 5.44. The molecule has 0 aliphatic rings. The topological polar surface area (TPSA) is 83.0 Å². The number of aromatic nitrogens is 3. The molecule has 0 amide bonds. The van der Waals surface area contributed by atoms with Crippen LogP contribution < -0.4 is 5.73 Å². The van der Waals surface area contributed by atoms with Crippen LogP contribution in [0.15, 0.2) is 24.5 Å². The minimum absolute atomic E-state index is 0.0869. The van der Waals surface area contributed by atoms with E-state index in [4.69, 9.17) is 10.5 Å². The van der Waals surface area contributed by atoms with E-state index in [1.54, 1.807) is 29.9 Å². The van der Waals surface area contributed by atoms with Gasteiger partial charge in [-0.1, -0.05) is 6.07 Å². The zero-order valence-electron chi connectivity index (χ0n) is 10.3. The number of carbonyl (C=O) groups excluding carboxylic acids is 1. The van der Waals surface area contributed by atoms with Gasteiger partial charge < -0.3 is 10.5 Å². The average molecular weight is 246 g/mol. The number of nitrogens with zero attached hydrogens (tertiary/aromatic N) is 3. The average Bonchev–Trinajstić information content (AvgIpc) is 2.75. The number of anilines is 1. The van der Waals surface area contributed by atoms with E-state index in [9.17, 15) is 4.79 Å². The van der Waals surface area contributed by atoms with Gasteiger partial charge in [-0.05, 0) is 24.6 Å². The lowest BCUT2D eigenvalue weighted by molar-refractivity contribution is 0.0457. The number of rotatable bonds is 3. The molecule has 18 heavy (non-hydrogen) atoms. The Balaban J connectivity index is 2.08. The Hall–Kier alpha value is -2.37. The minimum Gasteiger partial charge on any atom is -0.454 e. The third-order valence-corrected chi connectivity index (χ3v) is 2.62. The predicted molar refractivity (Wildman–Crippen MR) is 65.7 cm³/mol. The van der Waals surface area contributed by atoms with Gasteiger partial charge in [0.15, 0.2) is 12.4 Å². The number of carbonyl (C=O) groups is 1. The highest BCUT2D eigenvalue weighted by Crippen LogP contribution is 2.14. The van der Waals surface area contributed by atoms with Crippen molar-refractivity contribution in [2.24, 2.45) is 7.05 Å². The van der Waals surface area contributed by atoms with Crippen molar-refractivity contribution in [1.82, 2.24) is 14.8 Å². The van der Waals surface area contributed by atoms with Crippen molar-refractivity contribution in [3.8, 4) is 0 Å². The molecule has 0 saturated carbocycles. The van der Waals surface area contributed by atoms with Gasteiger partial charge in [0.05, 0.1) is 5.56 Å². The molecule has 2 aromatic rings. The zero-order chi connectivity index (χ0) is 13.1. The van der Waals surface area contributed by atoms with E-state index in [0.717, 1.165) is 5.56 Å². The lowest BCUT2D eigenvalue weighted by Crippen LogP contribution is -2.10. The first kappa shape index (κ1) is 12.1. The Labute approximate surface area is 104 Å². The van der Waals surface area contributed by atoms with Crippen molar-refractivity contribution in [1.29, 1.82) is 0 Å². The fourth-order valence-electron chi connectivity index (χ4n) is 1.52. The summed E-state index contributed by atoms with van der Waals surface area (Å²) in [6, 6.07) is 5.14. The Morgan fingerprint density at radius 3 is 2.94 bits per heavy atom. The predicted octanol–water partition coefficient (Wildman–Crippen LogP) is 1.06. The largest absolute Gasteiger partial charge is 0.454 e. The summed E-state index contributed by atoms with van der Waals surface area (Å²) in [5.74, 6) is 0.174. The number of aryl methyl sites for hydroxylation is 2. The summed E-state index contributed by atoms with van der Waals surface area (Å²) < 4.78 is 6.73. The highest BCUT2D eigenvalue weighted by molar-refractivity contribution is 5.92. The standard InChI is InChI=1S/C12H14N4O2/c1-8-3-4-9(13)5-10(8)12(17)18-6-11-14-7-15-16(11)2/h3-5,7H,6,13H2,1-2H3. The second-order valence-electron chi connectivity index (χ2n) is 3.95. The van der Waals surface area contributed by atoms with E-state index in [1.165, 1.54) is 6.33 Å². The van der Waals surface area contributed by atoms with E-state index in [0.29, 0.717) is 17.1 Å². The molecule has 2 N–H and O–H groups in total. The van der Waals surface area contributed by atoms with Crippen LogP contribution in [-0.2, 0) is 18.4 Å². The number of nitrogens with two attached hydrogens (primary N) is 1. The van der Waals surface area contributed by atoms with Gasteiger partial charge in [0.2, 0.25) is 0 Å². The molecule has 6 heteroatoms. The van der Waals surface area contributed by atoms with Gasteiger partial charge in [-0.3, -0.25) is 4.68 Å². The quantitative estimate of drug-likeness (QED) is 0.646. The number of hydrogen-bond donors (Lipinski definition) is 1. The first-order chi connectivity index (χ1) is 8.58. The summed E-state index contributed by atoms with van der Waals surface area (Å²) in [6.45, 7) is 1.92. The van der Waals surface area contributed by atoms with Crippen molar-refractivity contribution in [3.63, 3.8) is 0 Å². The summed E-state index contributed by atoms with van der Waals surface area (Å²) in [5.41, 5.74) is 7.48. The Bertz CT molecular complexity index is 577. The van der Waals surface area contributed by atoms with Gasteiger partial charge in [0.1, 0.15) is 6.33 Å². The van der Waals surface area contributed by atoms with Crippen molar-refractivity contribution in [2.75, 3.05) is 5.73 Å². The SMILES string of the molecule is Cc1ccc(N)cc1C(=O)OCc1ncnn1C. The van der Waals surface area contributed by atoms with Crippen molar-refractivity contribution >= 4 is 11.7 Å². The van der Waals surface area contributed by atoms with Gasteiger partial charge in [-0.15, -0.1) is 0 Å². The summed E-state index contributed by atoms with van der Waals surface area (Å²) >= 11 is 0. The second-order valence-corrected chi connectivity index (χ2v) is 3.95. The van der Waals surface area contributed by atoms with E-state index >= 15 is 0 Å². The summed E-state index contributed by atoms with van der Waals surface area (Å²) in [6.07, 6.45) is 1.41. The molecule has 0 unspecified atom stereocenters. The molecule has 1 aromatic carbocycles. The van der Waals surface area contributed by atoms with E-state index in [-0.39, 0.29) is 6.61 Å². The van der Waals surface area contributed by atoms with Crippen LogP contribution in [0.4, 0.5) is 5.69 Å². The molecule has 1 aromatic heterocycles. The molecule has 1 heterocycles. The second kappa shape index (κ2) is 4.87. The van der Waals surface area contributed by atoms with Crippen LogP contribution in [0.5, 0.6) is 0 Å². The molecule has 0 bridgehead atoms. The van der Waals surface area contributed by atoms with E-state index < -0.39 is 5.97 Å². The van der Waals surface area contributed by atoms with Crippen molar-refractivity contribution < 1.29 is 9.53 Å². The van der Waals surface area contributed by atoms with Crippen LogP contribution in [0.1, 0.15) is 21.7 Å². The zero-order valence-corrected chi connectivity index (χ0v) is 10.3. The summed E-state index contributed by atoms with van der Waals surface area (Å²) in [4.78, 5) is 15.9. The molecular formula is C12H14N4O2. The number of esters is 1. The van der Waals surface area contributed by atoms with Gasteiger partial charge in [0, 0.05) is 12.7 Å². The maximum Gasteiger partial charge on any atom is 0.338 e. The fraction of sp³-hybridized carbons (Fsp3) is 0.250. The summed E-state index contributed by atoms with van der Waals surface area (Å²) in [7, 11) is 1.74. The third kappa shape index (κ3) is 2.48. The molecule has 0 radical (unpaired) electrons. The molecular weight excluding hydrogens is 232 g/mol. The molecule has 6 nitrogen and oxygen atoms in total. The molecule has 0 aliphatic carbocycles. The Morgan fingerprint density at radius 2 is 2.28 bits per heavy atom. The number of hydrogen-bond acceptors (Lipinski definition) is 5. The van der Waals surface area contributed by atoms with E-state index in [2.05, 4.69) is 10.1 Å². The molecule has 2 rings (SSSR count). The summed E-state index contributed by atoms with van der Waals surface area (Å²) in [5, 5.41) is 3.89. The van der Waals surface area contributed by atoms with Crippen LogP contribution in [0.3, 0.4) is 0 Å². The maximum absolute atomic E-state index is 11.9. The van der Waals surface area contributed by atoms with Gasteiger partial charge in [-0.25, -0.2) is 9.78 Å². The maximum atomic E-state index is 11.9. The van der Waals surface area contributed by atoms with Crippen LogP contribution in [0.25, 0.3) is 0 Å². The smallest absolute Gasteiger partial charge is 0.338 e. The molecule has 0 fully saturated rings. The lowest BCUT2D eigenvalue weighted by Gasteiger charge is -2.07. The molecule has 0 spiro atoms. The Morgan fingerprint density at radius 1 is 1.50 bits per heavy atom. The molecule has 94 valence electrons. The van der Waals surface area contributed by atoms with Gasteiger partial charge in [0.25, 0.3) is 0 Å². The van der Waals surface area contributed by atoms with Crippen LogP contribution >= 0.6 is 0 Å². The highest BCUT2D eigenvalue weighted by Gasteiger charge is 2.12.